The number of methoxy groups -OCH3 is 1. The van der Waals surface area contributed by atoms with Crippen LogP contribution in [0.2, 0.25) is 0 Å². The minimum atomic E-state index is 0.483. The summed E-state index contributed by atoms with van der Waals surface area (Å²) < 4.78 is 5.60. The zero-order chi connectivity index (χ0) is 15.9. The molecule has 1 aliphatic carbocycles. The van der Waals surface area contributed by atoms with Crippen molar-refractivity contribution in [3.05, 3.63) is 21.9 Å². The molecule has 0 unspecified atom stereocenters. The molecule has 0 bridgehead atoms. The third-order valence-electron chi connectivity index (χ3n) is 6.10. The largest absolute Gasteiger partial charge is 0.384 e. The number of ether oxygens (including phenoxy) is 1. The van der Waals surface area contributed by atoms with Crippen molar-refractivity contribution in [3.8, 4) is 0 Å². The molecule has 0 amide bonds. The molecule has 3 nitrogen and oxygen atoms in total. The topological polar surface area (TPSA) is 15.7 Å². The molecule has 0 N–H and O–H groups in total. The van der Waals surface area contributed by atoms with Crippen LogP contribution in [0.3, 0.4) is 0 Å². The zero-order valence-electron chi connectivity index (χ0n) is 14.6. The lowest BCUT2D eigenvalue weighted by Crippen LogP contribution is -2.36. The van der Waals surface area contributed by atoms with Crippen molar-refractivity contribution in [2.75, 3.05) is 46.4 Å². The van der Waals surface area contributed by atoms with E-state index in [0.717, 1.165) is 25.0 Å². The van der Waals surface area contributed by atoms with Gasteiger partial charge in [0.25, 0.3) is 0 Å². The van der Waals surface area contributed by atoms with Crippen LogP contribution in [-0.2, 0) is 11.3 Å². The van der Waals surface area contributed by atoms with Crippen molar-refractivity contribution >= 4 is 11.3 Å². The van der Waals surface area contributed by atoms with Crippen molar-refractivity contribution in [2.45, 2.75) is 32.7 Å². The monoisotopic (exact) mass is 334 g/mol. The fourth-order valence-corrected chi connectivity index (χ4v) is 5.68. The quantitative estimate of drug-likeness (QED) is 0.794. The molecule has 0 radical (unpaired) electrons. The molecule has 128 valence electrons. The Labute approximate surface area is 144 Å². The number of hydrogen-bond donors (Lipinski definition) is 0. The average Bonchev–Trinajstić information content (AvgIpc) is 2.94. The Balaban J connectivity index is 1.41. The Kier molecular flexibility index (Phi) is 4.52. The summed E-state index contributed by atoms with van der Waals surface area (Å²) >= 11 is 1.96. The number of nitrogens with zero attached hydrogens (tertiary/aromatic N) is 2. The Hall–Kier alpha value is -0.420. The van der Waals surface area contributed by atoms with Crippen LogP contribution in [0.4, 0.5) is 0 Å². The van der Waals surface area contributed by atoms with Crippen LogP contribution in [0.25, 0.3) is 0 Å². The maximum Gasteiger partial charge on any atom is 0.0509 e. The van der Waals surface area contributed by atoms with Gasteiger partial charge in [-0.25, -0.2) is 0 Å². The van der Waals surface area contributed by atoms with Crippen LogP contribution in [0, 0.1) is 24.2 Å². The van der Waals surface area contributed by atoms with E-state index in [-0.39, 0.29) is 0 Å². The molecule has 4 heteroatoms. The first-order valence-electron chi connectivity index (χ1n) is 9.16. The van der Waals surface area contributed by atoms with Gasteiger partial charge in [0.15, 0.2) is 0 Å². The summed E-state index contributed by atoms with van der Waals surface area (Å²) in [5.74, 6) is 1.72. The normalized spacial score (nSPS) is 32.3. The lowest BCUT2D eigenvalue weighted by molar-refractivity contribution is 0.0959. The Morgan fingerprint density at radius 2 is 2.09 bits per heavy atom. The number of aryl methyl sites for hydroxylation is 1. The molecule has 2 aliphatic heterocycles. The van der Waals surface area contributed by atoms with E-state index in [1.165, 1.54) is 61.7 Å². The summed E-state index contributed by atoms with van der Waals surface area (Å²) in [5.41, 5.74) is 0.483. The van der Waals surface area contributed by atoms with E-state index in [0.29, 0.717) is 5.41 Å². The molecule has 1 saturated carbocycles. The molecule has 3 fully saturated rings. The number of thiophene rings is 1. The minimum absolute atomic E-state index is 0.483. The standard InChI is InChI=1S/C19H30N2OS/c1-15-3-6-18(23-15)11-20-8-7-19(13-20)14-21(9-16-4-5-16)10-17(19)12-22-2/h3,6,16-17H,4-5,7-14H2,1-2H3/t17-,19-/m0/s1. The summed E-state index contributed by atoms with van der Waals surface area (Å²) in [5, 5.41) is 0. The van der Waals surface area contributed by atoms with E-state index >= 15 is 0 Å². The second-order valence-electron chi connectivity index (χ2n) is 8.13. The summed E-state index contributed by atoms with van der Waals surface area (Å²) in [4.78, 5) is 8.40. The van der Waals surface area contributed by atoms with Crippen LogP contribution < -0.4 is 0 Å². The molecule has 23 heavy (non-hydrogen) atoms. The highest BCUT2D eigenvalue weighted by Crippen LogP contribution is 2.45. The first kappa shape index (κ1) is 16.1. The van der Waals surface area contributed by atoms with Gasteiger partial charge < -0.3 is 9.64 Å². The second kappa shape index (κ2) is 6.47. The number of likely N-dealkylation sites (tertiary alicyclic amines) is 2. The van der Waals surface area contributed by atoms with Crippen LogP contribution >= 0.6 is 11.3 Å². The van der Waals surface area contributed by atoms with Gasteiger partial charge in [0.2, 0.25) is 0 Å². The summed E-state index contributed by atoms with van der Waals surface area (Å²) in [6.07, 6.45) is 4.27. The predicted molar refractivity (Wildman–Crippen MR) is 95.9 cm³/mol. The number of hydrogen-bond acceptors (Lipinski definition) is 4. The zero-order valence-corrected chi connectivity index (χ0v) is 15.4. The molecular formula is C19H30N2OS. The SMILES string of the molecule is COC[C@@H]1CN(CC2CC2)C[C@@]12CCN(Cc1ccc(C)s1)C2. The fraction of sp³-hybridized carbons (Fsp3) is 0.789. The van der Waals surface area contributed by atoms with Crippen molar-refractivity contribution in [3.63, 3.8) is 0 Å². The Morgan fingerprint density at radius 3 is 2.78 bits per heavy atom. The molecule has 3 aliphatic rings. The molecule has 2 atom stereocenters. The van der Waals surface area contributed by atoms with E-state index in [1.54, 1.807) is 0 Å². The first-order chi connectivity index (χ1) is 11.2. The van der Waals surface area contributed by atoms with Gasteiger partial charge in [-0.2, -0.15) is 0 Å². The van der Waals surface area contributed by atoms with Crippen LogP contribution in [0.5, 0.6) is 0 Å². The maximum atomic E-state index is 5.60. The van der Waals surface area contributed by atoms with Gasteiger partial charge in [0.05, 0.1) is 6.61 Å². The molecule has 1 aromatic rings. The molecule has 1 aromatic heterocycles. The van der Waals surface area contributed by atoms with E-state index in [9.17, 15) is 0 Å². The molecule has 2 saturated heterocycles. The molecule has 0 aromatic carbocycles. The smallest absolute Gasteiger partial charge is 0.0509 e. The number of rotatable bonds is 6. The first-order valence-corrected chi connectivity index (χ1v) is 9.97. The van der Waals surface area contributed by atoms with Gasteiger partial charge in [-0.05, 0) is 50.8 Å². The highest BCUT2D eigenvalue weighted by molar-refractivity contribution is 7.11. The van der Waals surface area contributed by atoms with Crippen molar-refractivity contribution in [1.29, 1.82) is 0 Å². The molecule has 3 heterocycles. The third kappa shape index (κ3) is 3.51. The van der Waals surface area contributed by atoms with Gasteiger partial charge in [-0.1, -0.05) is 0 Å². The van der Waals surface area contributed by atoms with Gasteiger partial charge in [-0.3, -0.25) is 4.90 Å². The van der Waals surface area contributed by atoms with Gasteiger partial charge in [0.1, 0.15) is 0 Å². The van der Waals surface area contributed by atoms with Crippen LogP contribution in [0.15, 0.2) is 12.1 Å². The van der Waals surface area contributed by atoms with E-state index < -0.39 is 0 Å². The van der Waals surface area contributed by atoms with Gasteiger partial charge in [0, 0.05) is 60.9 Å². The van der Waals surface area contributed by atoms with Gasteiger partial charge >= 0.3 is 0 Å². The lowest BCUT2D eigenvalue weighted by Gasteiger charge is -2.30. The molecular weight excluding hydrogens is 304 g/mol. The second-order valence-corrected chi connectivity index (χ2v) is 9.50. The van der Waals surface area contributed by atoms with E-state index in [2.05, 4.69) is 28.9 Å². The minimum Gasteiger partial charge on any atom is -0.384 e. The maximum absolute atomic E-state index is 5.60. The van der Waals surface area contributed by atoms with E-state index in [1.807, 2.05) is 18.4 Å². The van der Waals surface area contributed by atoms with Crippen molar-refractivity contribution in [1.82, 2.24) is 9.80 Å². The third-order valence-corrected chi connectivity index (χ3v) is 7.09. The Morgan fingerprint density at radius 1 is 1.26 bits per heavy atom. The van der Waals surface area contributed by atoms with Crippen LogP contribution in [-0.4, -0.2) is 56.2 Å². The lowest BCUT2D eigenvalue weighted by atomic mass is 9.77. The summed E-state index contributed by atoms with van der Waals surface area (Å²) in [6, 6.07) is 4.57. The predicted octanol–water partition coefficient (Wildman–Crippen LogP) is 3.24. The van der Waals surface area contributed by atoms with Crippen LogP contribution in [0.1, 0.15) is 29.0 Å². The molecule has 4 rings (SSSR count). The molecule has 1 spiro atoms. The highest BCUT2D eigenvalue weighted by Gasteiger charge is 2.50. The highest BCUT2D eigenvalue weighted by atomic mass is 32.1. The van der Waals surface area contributed by atoms with Gasteiger partial charge in [-0.15, -0.1) is 11.3 Å². The summed E-state index contributed by atoms with van der Waals surface area (Å²) in [7, 11) is 1.87. The average molecular weight is 335 g/mol. The summed E-state index contributed by atoms with van der Waals surface area (Å²) in [6.45, 7) is 10.7. The Bertz CT molecular complexity index is 541. The van der Waals surface area contributed by atoms with Crippen molar-refractivity contribution in [2.24, 2.45) is 17.3 Å². The van der Waals surface area contributed by atoms with Crippen molar-refractivity contribution < 1.29 is 4.74 Å². The van der Waals surface area contributed by atoms with E-state index in [4.69, 9.17) is 4.74 Å². The fourth-order valence-electron chi connectivity index (χ4n) is 4.75.